The Morgan fingerprint density at radius 2 is 2.06 bits per heavy atom. The fourth-order valence-corrected chi connectivity index (χ4v) is 0.906. The summed E-state index contributed by atoms with van der Waals surface area (Å²) in [5.74, 6) is -1.07. The Morgan fingerprint density at radius 3 is 2.62 bits per heavy atom. The van der Waals surface area contributed by atoms with Gasteiger partial charge in [-0.15, -0.1) is 0 Å². The number of benzene rings is 1. The average Bonchev–Trinajstić information content (AvgIpc) is 2.31. The number of hydrogen-bond acceptors (Lipinski definition) is 5. The van der Waals surface area contributed by atoms with Crippen LogP contribution >= 0.6 is 0 Å². The van der Waals surface area contributed by atoms with E-state index in [2.05, 4.69) is 10.2 Å². The number of nitrogens with zero attached hydrogens (tertiary/aromatic N) is 4. The van der Waals surface area contributed by atoms with E-state index < -0.39 is 12.0 Å². The third-order valence-electron chi connectivity index (χ3n) is 1.63. The molecule has 0 aromatic heterocycles. The van der Waals surface area contributed by atoms with E-state index in [1.807, 2.05) is 0 Å². The molecule has 1 rings (SSSR count). The quantitative estimate of drug-likeness (QED) is 0.774. The van der Waals surface area contributed by atoms with Crippen LogP contribution in [0.5, 0.6) is 0 Å². The van der Waals surface area contributed by atoms with Crippen molar-refractivity contribution < 1.29 is 9.90 Å². The van der Waals surface area contributed by atoms with Crippen LogP contribution < -0.4 is 0 Å². The van der Waals surface area contributed by atoms with Gasteiger partial charge in [-0.3, -0.25) is 0 Å². The minimum absolute atomic E-state index is 0.0712. The first-order valence-corrected chi connectivity index (χ1v) is 4.21. The zero-order chi connectivity index (χ0) is 12.0. The molecule has 1 aromatic carbocycles. The molecule has 0 unspecified atom stereocenters. The molecule has 16 heavy (non-hydrogen) atoms. The van der Waals surface area contributed by atoms with Crippen LogP contribution in [0.4, 0.5) is 5.69 Å². The lowest BCUT2D eigenvalue weighted by atomic mass is 10.2. The van der Waals surface area contributed by atoms with Crippen LogP contribution in [0.3, 0.4) is 0 Å². The molecule has 0 aliphatic carbocycles. The number of carboxylic acid groups (broad SMARTS) is 1. The Hall–Kier alpha value is -2.73. The van der Waals surface area contributed by atoms with Crippen LogP contribution in [0, 0.1) is 22.7 Å². The van der Waals surface area contributed by atoms with Crippen molar-refractivity contribution in [2.45, 2.75) is 6.04 Å². The van der Waals surface area contributed by atoms with Crippen molar-refractivity contribution in [1.29, 1.82) is 10.5 Å². The highest BCUT2D eigenvalue weighted by Crippen LogP contribution is 2.15. The average molecular weight is 214 g/mol. The maximum Gasteiger partial charge on any atom is 0.335 e. The van der Waals surface area contributed by atoms with E-state index in [4.69, 9.17) is 15.6 Å². The summed E-state index contributed by atoms with van der Waals surface area (Å²) >= 11 is 0. The third kappa shape index (κ3) is 2.89. The molecule has 0 aliphatic heterocycles. The predicted octanol–water partition coefficient (Wildman–Crippen LogP) is 1.88. The highest BCUT2D eigenvalue weighted by Gasteiger charge is 2.04. The van der Waals surface area contributed by atoms with E-state index >= 15 is 0 Å². The number of carbonyl (C=O) groups is 1. The van der Waals surface area contributed by atoms with Gasteiger partial charge in [0.1, 0.15) is 12.1 Å². The first-order valence-electron chi connectivity index (χ1n) is 4.21. The molecular weight excluding hydrogens is 208 g/mol. The van der Waals surface area contributed by atoms with Gasteiger partial charge < -0.3 is 5.11 Å². The van der Waals surface area contributed by atoms with Gasteiger partial charge in [-0.25, -0.2) is 4.79 Å². The Bertz CT molecular complexity index is 496. The molecule has 1 N–H and O–H groups in total. The monoisotopic (exact) mass is 214 g/mol. The molecule has 0 saturated carbocycles. The van der Waals surface area contributed by atoms with Crippen LogP contribution in [0.2, 0.25) is 0 Å². The van der Waals surface area contributed by atoms with Crippen molar-refractivity contribution in [3.8, 4) is 12.1 Å². The summed E-state index contributed by atoms with van der Waals surface area (Å²) in [4.78, 5) is 10.6. The number of nitriles is 2. The Labute approximate surface area is 91.1 Å². The molecule has 78 valence electrons. The van der Waals surface area contributed by atoms with E-state index in [9.17, 15) is 4.79 Å². The Morgan fingerprint density at radius 1 is 1.38 bits per heavy atom. The molecule has 1 aromatic rings. The lowest BCUT2D eigenvalue weighted by Crippen LogP contribution is -1.95. The summed E-state index contributed by atoms with van der Waals surface area (Å²) in [5.41, 5.74) is 0.359. The van der Waals surface area contributed by atoms with Crippen LogP contribution in [-0.2, 0) is 0 Å². The SMILES string of the molecule is N#CC(C#N)N=Nc1cccc(C(=O)O)c1. The minimum Gasteiger partial charge on any atom is -0.478 e. The van der Waals surface area contributed by atoms with E-state index in [1.165, 1.54) is 24.3 Å². The van der Waals surface area contributed by atoms with Crippen molar-refractivity contribution in [3.05, 3.63) is 29.8 Å². The van der Waals surface area contributed by atoms with Gasteiger partial charge >= 0.3 is 5.97 Å². The van der Waals surface area contributed by atoms with Crippen molar-refractivity contribution in [2.75, 3.05) is 0 Å². The summed E-state index contributed by atoms with van der Waals surface area (Å²) in [6.07, 6.45) is 0. The zero-order valence-corrected chi connectivity index (χ0v) is 8.03. The van der Waals surface area contributed by atoms with Crippen molar-refractivity contribution in [3.63, 3.8) is 0 Å². The second-order valence-corrected chi connectivity index (χ2v) is 2.73. The molecule has 0 amide bonds. The molecule has 0 atom stereocenters. The number of rotatable bonds is 3. The zero-order valence-electron chi connectivity index (χ0n) is 8.03. The normalized spacial score (nSPS) is 9.94. The third-order valence-corrected chi connectivity index (χ3v) is 1.63. The molecule has 6 heteroatoms. The summed E-state index contributed by atoms with van der Waals surface area (Å²) in [6, 6.07) is 7.82. The second-order valence-electron chi connectivity index (χ2n) is 2.73. The van der Waals surface area contributed by atoms with E-state index in [0.717, 1.165) is 0 Å². The van der Waals surface area contributed by atoms with Gasteiger partial charge in [0, 0.05) is 0 Å². The highest BCUT2D eigenvalue weighted by molar-refractivity contribution is 5.88. The summed E-state index contributed by atoms with van der Waals surface area (Å²) in [7, 11) is 0. The van der Waals surface area contributed by atoms with Gasteiger partial charge in [0.25, 0.3) is 0 Å². The molecule has 6 nitrogen and oxygen atoms in total. The largest absolute Gasteiger partial charge is 0.478 e. The molecule has 0 fully saturated rings. The summed E-state index contributed by atoms with van der Waals surface area (Å²) in [5, 5.41) is 32.6. The van der Waals surface area contributed by atoms with Crippen molar-refractivity contribution in [2.24, 2.45) is 10.2 Å². The molecule has 0 bridgehead atoms. The van der Waals surface area contributed by atoms with Gasteiger partial charge in [-0.2, -0.15) is 20.8 Å². The van der Waals surface area contributed by atoms with E-state index in [1.54, 1.807) is 12.1 Å². The molecule has 0 radical (unpaired) electrons. The first kappa shape index (κ1) is 11.3. The second kappa shape index (κ2) is 5.23. The maximum atomic E-state index is 10.6. The molecule has 0 aliphatic rings. The fraction of sp³-hybridized carbons (Fsp3) is 0.100. The predicted molar refractivity (Wildman–Crippen MR) is 52.9 cm³/mol. The van der Waals surface area contributed by atoms with E-state index in [-0.39, 0.29) is 11.3 Å². The van der Waals surface area contributed by atoms with Crippen molar-refractivity contribution >= 4 is 11.7 Å². The van der Waals surface area contributed by atoms with Gasteiger partial charge in [-0.05, 0) is 18.2 Å². The molecule has 0 saturated heterocycles. The smallest absolute Gasteiger partial charge is 0.335 e. The molecule has 0 spiro atoms. The summed E-state index contributed by atoms with van der Waals surface area (Å²) in [6.45, 7) is 0. The first-order chi connectivity index (χ1) is 7.67. The van der Waals surface area contributed by atoms with Gasteiger partial charge in [0.15, 0.2) is 0 Å². The number of aromatic carboxylic acids is 1. The fourth-order valence-electron chi connectivity index (χ4n) is 0.906. The molecular formula is C10H6N4O2. The van der Waals surface area contributed by atoms with Gasteiger partial charge in [0.05, 0.1) is 11.3 Å². The van der Waals surface area contributed by atoms with Gasteiger partial charge in [-0.1, -0.05) is 6.07 Å². The minimum atomic E-state index is -1.17. The van der Waals surface area contributed by atoms with Crippen LogP contribution in [0.1, 0.15) is 10.4 Å². The van der Waals surface area contributed by atoms with E-state index in [0.29, 0.717) is 0 Å². The Balaban J connectivity index is 2.91. The topological polar surface area (TPSA) is 110 Å². The standard InChI is InChI=1S/C10H6N4O2/c11-5-9(6-12)14-13-8-3-1-2-7(4-8)10(15)16/h1-4,9H,(H,15,16). The van der Waals surface area contributed by atoms with Gasteiger partial charge in [0.2, 0.25) is 6.04 Å². The number of hydrogen-bond donors (Lipinski definition) is 1. The number of carboxylic acids is 1. The van der Waals surface area contributed by atoms with Crippen LogP contribution in [-0.4, -0.2) is 17.1 Å². The highest BCUT2D eigenvalue weighted by atomic mass is 16.4. The maximum absolute atomic E-state index is 10.6. The lowest BCUT2D eigenvalue weighted by Gasteiger charge is -1.95. The van der Waals surface area contributed by atoms with Crippen molar-refractivity contribution in [1.82, 2.24) is 0 Å². The number of azo groups is 1. The lowest BCUT2D eigenvalue weighted by molar-refractivity contribution is 0.0697. The summed E-state index contributed by atoms with van der Waals surface area (Å²) < 4.78 is 0. The Kier molecular flexibility index (Phi) is 3.71. The van der Waals surface area contributed by atoms with Crippen LogP contribution in [0.25, 0.3) is 0 Å². The van der Waals surface area contributed by atoms with Crippen LogP contribution in [0.15, 0.2) is 34.5 Å². The molecule has 0 heterocycles.